The van der Waals surface area contributed by atoms with Crippen LogP contribution < -0.4 is 5.32 Å². The first kappa shape index (κ1) is 15.9. The molecule has 112 valence electrons. The molecule has 2 rings (SSSR count). The molecule has 1 aliphatic heterocycles. The van der Waals surface area contributed by atoms with Crippen molar-refractivity contribution < 1.29 is 4.39 Å². The van der Waals surface area contributed by atoms with Crippen molar-refractivity contribution in [2.45, 2.75) is 45.8 Å². The maximum absolute atomic E-state index is 14.0. The predicted molar refractivity (Wildman–Crippen MR) is 85.2 cm³/mol. The molecule has 1 fully saturated rings. The Bertz CT molecular complexity index is 452. The van der Waals surface area contributed by atoms with E-state index < -0.39 is 0 Å². The largest absolute Gasteiger partial charge is 0.311 e. The standard InChI is InChI=1S/C16H24BrFN2/c1-4-11(2)16-8-19-12(3)9-20(16)10-13-5-6-14(17)7-15(13)18/h5-7,11-12,16,19H,4,8-10H2,1-3H3. The zero-order chi connectivity index (χ0) is 14.7. The summed E-state index contributed by atoms with van der Waals surface area (Å²) >= 11 is 3.31. The minimum Gasteiger partial charge on any atom is -0.311 e. The average molecular weight is 343 g/mol. The van der Waals surface area contributed by atoms with Gasteiger partial charge in [0.2, 0.25) is 0 Å². The zero-order valence-corrected chi connectivity index (χ0v) is 14.1. The van der Waals surface area contributed by atoms with Crippen LogP contribution in [0.25, 0.3) is 0 Å². The first-order valence-electron chi connectivity index (χ1n) is 7.42. The van der Waals surface area contributed by atoms with E-state index in [2.05, 4.69) is 46.9 Å². The van der Waals surface area contributed by atoms with E-state index in [1.165, 1.54) is 0 Å². The van der Waals surface area contributed by atoms with E-state index >= 15 is 0 Å². The SMILES string of the molecule is CCC(C)C1CNC(C)CN1Cc1ccc(Br)cc1F. The van der Waals surface area contributed by atoms with Crippen LogP contribution >= 0.6 is 15.9 Å². The number of nitrogens with zero attached hydrogens (tertiary/aromatic N) is 1. The van der Waals surface area contributed by atoms with Crippen molar-refractivity contribution in [2.75, 3.05) is 13.1 Å². The van der Waals surface area contributed by atoms with Crippen molar-refractivity contribution in [1.29, 1.82) is 0 Å². The number of hydrogen-bond acceptors (Lipinski definition) is 2. The van der Waals surface area contributed by atoms with Crippen molar-refractivity contribution >= 4 is 15.9 Å². The molecule has 3 unspecified atom stereocenters. The van der Waals surface area contributed by atoms with Gasteiger partial charge in [0.1, 0.15) is 5.82 Å². The van der Waals surface area contributed by atoms with Crippen molar-refractivity contribution in [3.8, 4) is 0 Å². The molecule has 1 aromatic rings. The molecule has 4 heteroatoms. The molecule has 0 amide bonds. The van der Waals surface area contributed by atoms with E-state index in [1.54, 1.807) is 6.07 Å². The molecule has 1 heterocycles. The lowest BCUT2D eigenvalue weighted by Crippen LogP contribution is -2.57. The molecular formula is C16H24BrFN2. The van der Waals surface area contributed by atoms with Gasteiger partial charge in [0.05, 0.1) is 0 Å². The molecule has 1 aromatic carbocycles. The lowest BCUT2D eigenvalue weighted by molar-refractivity contribution is 0.0874. The van der Waals surface area contributed by atoms with E-state index in [-0.39, 0.29) is 5.82 Å². The summed E-state index contributed by atoms with van der Waals surface area (Å²) in [5, 5.41) is 3.54. The second-order valence-corrected chi connectivity index (χ2v) is 6.84. The maximum atomic E-state index is 14.0. The van der Waals surface area contributed by atoms with Crippen LogP contribution in [0.1, 0.15) is 32.8 Å². The van der Waals surface area contributed by atoms with E-state index in [9.17, 15) is 4.39 Å². The van der Waals surface area contributed by atoms with E-state index in [0.717, 1.165) is 29.5 Å². The van der Waals surface area contributed by atoms with Crippen LogP contribution in [0.5, 0.6) is 0 Å². The van der Waals surface area contributed by atoms with Gasteiger partial charge in [0, 0.05) is 41.8 Å². The van der Waals surface area contributed by atoms with Crippen molar-refractivity contribution in [1.82, 2.24) is 10.2 Å². The van der Waals surface area contributed by atoms with Crippen molar-refractivity contribution in [3.05, 3.63) is 34.1 Å². The Balaban J connectivity index is 2.14. The lowest BCUT2D eigenvalue weighted by Gasteiger charge is -2.42. The van der Waals surface area contributed by atoms with Gasteiger partial charge in [-0.05, 0) is 25.0 Å². The molecule has 0 spiro atoms. The molecule has 0 aromatic heterocycles. The molecular weight excluding hydrogens is 319 g/mol. The zero-order valence-electron chi connectivity index (χ0n) is 12.5. The van der Waals surface area contributed by atoms with Gasteiger partial charge in [-0.25, -0.2) is 4.39 Å². The summed E-state index contributed by atoms with van der Waals surface area (Å²) in [5.41, 5.74) is 0.788. The monoisotopic (exact) mass is 342 g/mol. The van der Waals surface area contributed by atoms with Crippen LogP contribution in [0.4, 0.5) is 4.39 Å². The number of halogens is 2. The highest BCUT2D eigenvalue weighted by Crippen LogP contribution is 2.23. The summed E-state index contributed by atoms with van der Waals surface area (Å²) in [7, 11) is 0. The van der Waals surface area contributed by atoms with Gasteiger partial charge >= 0.3 is 0 Å². The smallest absolute Gasteiger partial charge is 0.128 e. The third kappa shape index (κ3) is 3.80. The van der Waals surface area contributed by atoms with Crippen LogP contribution in [-0.4, -0.2) is 30.1 Å². The van der Waals surface area contributed by atoms with E-state index in [0.29, 0.717) is 24.5 Å². The molecule has 0 saturated carbocycles. The second-order valence-electron chi connectivity index (χ2n) is 5.93. The highest BCUT2D eigenvalue weighted by molar-refractivity contribution is 9.10. The van der Waals surface area contributed by atoms with E-state index in [1.807, 2.05) is 12.1 Å². The van der Waals surface area contributed by atoms with Crippen LogP contribution in [-0.2, 0) is 6.54 Å². The minimum atomic E-state index is -0.117. The summed E-state index contributed by atoms with van der Waals surface area (Å²) in [4.78, 5) is 2.43. The van der Waals surface area contributed by atoms with Gasteiger partial charge in [0.25, 0.3) is 0 Å². The van der Waals surface area contributed by atoms with Gasteiger partial charge in [0.15, 0.2) is 0 Å². The van der Waals surface area contributed by atoms with Gasteiger partial charge < -0.3 is 5.32 Å². The van der Waals surface area contributed by atoms with Gasteiger partial charge in [-0.15, -0.1) is 0 Å². The summed E-state index contributed by atoms with van der Waals surface area (Å²) < 4.78 is 14.8. The van der Waals surface area contributed by atoms with Crippen LogP contribution in [0.2, 0.25) is 0 Å². The van der Waals surface area contributed by atoms with Gasteiger partial charge in [-0.1, -0.05) is 42.3 Å². The quantitative estimate of drug-likeness (QED) is 0.895. The van der Waals surface area contributed by atoms with Crippen molar-refractivity contribution in [2.24, 2.45) is 5.92 Å². The highest BCUT2D eigenvalue weighted by atomic mass is 79.9. The summed E-state index contributed by atoms with van der Waals surface area (Å²) in [5.74, 6) is 0.502. The molecule has 0 bridgehead atoms. The minimum absolute atomic E-state index is 0.117. The van der Waals surface area contributed by atoms with Crippen LogP contribution in [0, 0.1) is 11.7 Å². The van der Waals surface area contributed by atoms with Gasteiger partial charge in [-0.3, -0.25) is 4.90 Å². The lowest BCUT2D eigenvalue weighted by atomic mass is 9.94. The first-order chi connectivity index (χ1) is 9.51. The Labute approximate surface area is 129 Å². The normalized spacial score (nSPS) is 25.6. The van der Waals surface area contributed by atoms with Crippen LogP contribution in [0.15, 0.2) is 22.7 Å². The Morgan fingerprint density at radius 3 is 2.90 bits per heavy atom. The number of nitrogens with one attached hydrogen (secondary N) is 1. The molecule has 1 aliphatic rings. The third-order valence-electron chi connectivity index (χ3n) is 4.34. The Morgan fingerprint density at radius 2 is 2.25 bits per heavy atom. The molecule has 3 atom stereocenters. The highest BCUT2D eigenvalue weighted by Gasteiger charge is 2.29. The average Bonchev–Trinajstić information content (AvgIpc) is 2.41. The maximum Gasteiger partial charge on any atom is 0.128 e. The van der Waals surface area contributed by atoms with Crippen molar-refractivity contribution in [3.63, 3.8) is 0 Å². The topological polar surface area (TPSA) is 15.3 Å². The summed E-state index contributed by atoms with van der Waals surface area (Å²) in [6, 6.07) is 6.31. The molecule has 1 saturated heterocycles. The molecule has 20 heavy (non-hydrogen) atoms. The third-order valence-corrected chi connectivity index (χ3v) is 4.84. The fourth-order valence-corrected chi connectivity index (χ4v) is 3.22. The molecule has 0 aliphatic carbocycles. The predicted octanol–water partition coefficient (Wildman–Crippen LogP) is 3.80. The molecule has 1 N–H and O–H groups in total. The molecule has 0 radical (unpaired) electrons. The number of rotatable bonds is 4. The first-order valence-corrected chi connectivity index (χ1v) is 8.22. The fourth-order valence-electron chi connectivity index (χ4n) is 2.89. The Morgan fingerprint density at radius 1 is 1.50 bits per heavy atom. The van der Waals surface area contributed by atoms with E-state index in [4.69, 9.17) is 0 Å². The van der Waals surface area contributed by atoms with Crippen LogP contribution in [0.3, 0.4) is 0 Å². The summed E-state index contributed by atoms with van der Waals surface area (Å²) in [6.07, 6.45) is 1.15. The Hall–Kier alpha value is -0.450. The fraction of sp³-hybridized carbons (Fsp3) is 0.625. The molecule has 2 nitrogen and oxygen atoms in total. The second kappa shape index (κ2) is 7.01. The number of benzene rings is 1. The Kier molecular flexibility index (Phi) is 5.58. The van der Waals surface area contributed by atoms with Gasteiger partial charge in [-0.2, -0.15) is 0 Å². The number of hydrogen-bond donors (Lipinski definition) is 1. The number of piperazine rings is 1. The summed E-state index contributed by atoms with van der Waals surface area (Å²) in [6.45, 7) is 9.37.